The molecule has 0 saturated carbocycles. The van der Waals surface area contributed by atoms with Gasteiger partial charge in [0.15, 0.2) is 11.6 Å². The van der Waals surface area contributed by atoms with Gasteiger partial charge in [-0.1, -0.05) is 51.1 Å². The molecule has 0 saturated heterocycles. The second kappa shape index (κ2) is 9.57. The Balaban J connectivity index is 2.41. The Morgan fingerprint density at radius 1 is 0.857 bits per heavy atom. The average Bonchev–Trinajstić information content (AvgIpc) is 2.60. The molecule has 2 rings (SSSR count). The predicted molar refractivity (Wildman–Crippen MR) is 108 cm³/mol. The zero-order chi connectivity index (χ0) is 20.9. The van der Waals surface area contributed by atoms with Gasteiger partial charge in [-0.05, 0) is 43.6 Å². The van der Waals surface area contributed by atoms with Crippen LogP contribution in [0.5, 0.6) is 0 Å². The summed E-state index contributed by atoms with van der Waals surface area (Å²) in [5.74, 6) is -2.83. The Kier molecular flexibility index (Phi) is 7.67. The van der Waals surface area contributed by atoms with E-state index in [0.29, 0.717) is 6.54 Å². The molecule has 0 amide bonds. The second-order valence-electron chi connectivity index (χ2n) is 8.89. The van der Waals surface area contributed by atoms with Gasteiger partial charge < -0.3 is 4.90 Å². The van der Waals surface area contributed by atoms with Gasteiger partial charge in [-0.2, -0.15) is 0 Å². The van der Waals surface area contributed by atoms with Crippen molar-refractivity contribution in [3.63, 3.8) is 0 Å². The van der Waals surface area contributed by atoms with Crippen molar-refractivity contribution in [3.05, 3.63) is 71.0 Å². The van der Waals surface area contributed by atoms with Crippen LogP contribution in [-0.4, -0.2) is 36.5 Å². The molecule has 1 atom stereocenters. The van der Waals surface area contributed by atoms with E-state index in [2.05, 4.69) is 30.6 Å². The molecule has 0 aromatic heterocycles. The maximum Gasteiger partial charge on any atom is 0.166 e. The van der Waals surface area contributed by atoms with Gasteiger partial charge in [0.2, 0.25) is 0 Å². The Bertz CT molecular complexity index is 754. The largest absolute Gasteiger partial charge is 0.308 e. The number of nitrogens with zero attached hydrogens (tertiary/aromatic N) is 2. The van der Waals surface area contributed by atoms with Gasteiger partial charge in [0.25, 0.3) is 0 Å². The molecule has 0 N–H and O–H groups in total. The summed E-state index contributed by atoms with van der Waals surface area (Å²) in [6, 6.07) is 11.7. The van der Waals surface area contributed by atoms with Gasteiger partial charge in [0, 0.05) is 31.2 Å². The summed E-state index contributed by atoms with van der Waals surface area (Å²) >= 11 is 0. The first-order valence-electron chi connectivity index (χ1n) is 9.62. The van der Waals surface area contributed by atoms with Crippen LogP contribution in [0.25, 0.3) is 0 Å². The summed E-state index contributed by atoms with van der Waals surface area (Å²) in [4.78, 5) is 4.13. The molecule has 0 unspecified atom stereocenters. The van der Waals surface area contributed by atoms with Crippen LogP contribution in [0.15, 0.2) is 42.5 Å². The maximum atomic E-state index is 14.4. The van der Waals surface area contributed by atoms with Crippen molar-refractivity contribution >= 4 is 0 Å². The van der Waals surface area contributed by atoms with Gasteiger partial charge in [-0.25, -0.2) is 13.2 Å². The summed E-state index contributed by atoms with van der Waals surface area (Å²) in [6.07, 6.45) is 0.844. The fourth-order valence-electron chi connectivity index (χ4n) is 3.49. The Labute approximate surface area is 167 Å². The lowest BCUT2D eigenvalue weighted by Crippen LogP contribution is -2.43. The third-order valence-corrected chi connectivity index (χ3v) is 4.67. The summed E-state index contributed by atoms with van der Waals surface area (Å²) in [5, 5.41) is 0. The molecule has 154 valence electrons. The maximum absolute atomic E-state index is 14.4. The smallest absolute Gasteiger partial charge is 0.166 e. The molecule has 0 aliphatic heterocycles. The van der Waals surface area contributed by atoms with Gasteiger partial charge >= 0.3 is 0 Å². The summed E-state index contributed by atoms with van der Waals surface area (Å²) in [6.45, 7) is 7.74. The van der Waals surface area contributed by atoms with E-state index in [-0.39, 0.29) is 23.6 Å². The van der Waals surface area contributed by atoms with Gasteiger partial charge in [-0.3, -0.25) is 4.90 Å². The number of likely N-dealkylation sites (N-methyl/N-ethyl adjacent to an activating group) is 1. The molecule has 0 spiro atoms. The van der Waals surface area contributed by atoms with E-state index in [1.807, 2.05) is 44.4 Å². The third-order valence-electron chi connectivity index (χ3n) is 4.67. The molecule has 0 bridgehead atoms. The first-order chi connectivity index (χ1) is 13.1. The predicted octanol–water partition coefficient (Wildman–Crippen LogP) is 5.47. The van der Waals surface area contributed by atoms with E-state index < -0.39 is 17.5 Å². The number of hydrogen-bond donors (Lipinski definition) is 0. The number of rotatable bonds is 8. The topological polar surface area (TPSA) is 6.48 Å². The lowest BCUT2D eigenvalue weighted by molar-refractivity contribution is 0.105. The first-order valence-corrected chi connectivity index (χ1v) is 9.62. The van der Waals surface area contributed by atoms with Crippen molar-refractivity contribution < 1.29 is 13.2 Å². The highest BCUT2D eigenvalue weighted by Crippen LogP contribution is 2.28. The van der Waals surface area contributed by atoms with Crippen molar-refractivity contribution in [1.29, 1.82) is 0 Å². The van der Waals surface area contributed by atoms with E-state index in [1.54, 1.807) is 0 Å². The summed E-state index contributed by atoms with van der Waals surface area (Å²) in [7, 11) is 3.97. The van der Waals surface area contributed by atoms with Crippen LogP contribution in [0.2, 0.25) is 0 Å². The molecule has 2 aromatic carbocycles. The zero-order valence-corrected chi connectivity index (χ0v) is 17.5. The van der Waals surface area contributed by atoms with Crippen LogP contribution in [0.1, 0.15) is 38.3 Å². The number of benzene rings is 2. The minimum atomic E-state index is -1.10. The van der Waals surface area contributed by atoms with Gasteiger partial charge in [0.1, 0.15) is 5.82 Å². The van der Waals surface area contributed by atoms with Crippen LogP contribution in [-0.2, 0) is 13.1 Å². The molecule has 28 heavy (non-hydrogen) atoms. The lowest BCUT2D eigenvalue weighted by Gasteiger charge is -2.37. The zero-order valence-electron chi connectivity index (χ0n) is 17.5. The van der Waals surface area contributed by atoms with Crippen LogP contribution in [0, 0.1) is 22.9 Å². The first kappa shape index (κ1) is 22.4. The third kappa shape index (κ3) is 6.64. The monoisotopic (exact) mass is 392 g/mol. The highest BCUT2D eigenvalue weighted by molar-refractivity contribution is 5.22. The second-order valence-corrected chi connectivity index (χ2v) is 8.89. The van der Waals surface area contributed by atoms with E-state index >= 15 is 0 Å². The summed E-state index contributed by atoms with van der Waals surface area (Å²) in [5.41, 5.74) is 0.875. The molecule has 5 heteroatoms. The molecule has 2 nitrogen and oxygen atoms in total. The fourth-order valence-corrected chi connectivity index (χ4v) is 3.49. The lowest BCUT2D eigenvalue weighted by atomic mass is 9.87. The van der Waals surface area contributed by atoms with E-state index in [1.165, 1.54) is 0 Å². The molecular formula is C23H31F3N2. The SMILES string of the molecule is CN(C)C[C@H](CC(C)(C)C)N(Cc1ccccc1)Cc1c(F)ccc(F)c1F. The van der Waals surface area contributed by atoms with Crippen LogP contribution >= 0.6 is 0 Å². The molecule has 2 aromatic rings. The van der Waals surface area contributed by atoms with Gasteiger partial charge in [-0.15, -0.1) is 0 Å². The number of hydrogen-bond acceptors (Lipinski definition) is 2. The van der Waals surface area contributed by atoms with Crippen LogP contribution in [0.3, 0.4) is 0 Å². The van der Waals surface area contributed by atoms with Gasteiger partial charge in [0.05, 0.1) is 0 Å². The van der Waals surface area contributed by atoms with Crippen molar-refractivity contribution in [1.82, 2.24) is 9.80 Å². The average molecular weight is 393 g/mol. The van der Waals surface area contributed by atoms with Crippen molar-refractivity contribution in [2.75, 3.05) is 20.6 Å². The molecule has 0 aliphatic rings. The molecular weight excluding hydrogens is 361 g/mol. The highest BCUT2D eigenvalue weighted by Gasteiger charge is 2.27. The van der Waals surface area contributed by atoms with Crippen LogP contribution in [0.4, 0.5) is 13.2 Å². The molecule has 0 radical (unpaired) electrons. The minimum absolute atomic E-state index is 0.0128. The molecule has 0 aliphatic carbocycles. The number of halogens is 3. The van der Waals surface area contributed by atoms with Crippen molar-refractivity contribution in [3.8, 4) is 0 Å². The molecule has 0 fully saturated rings. The van der Waals surface area contributed by atoms with E-state index in [9.17, 15) is 13.2 Å². The Morgan fingerprint density at radius 3 is 2.04 bits per heavy atom. The highest BCUT2D eigenvalue weighted by atomic mass is 19.2. The van der Waals surface area contributed by atoms with Crippen molar-refractivity contribution in [2.24, 2.45) is 5.41 Å². The minimum Gasteiger partial charge on any atom is -0.308 e. The molecule has 0 heterocycles. The van der Waals surface area contributed by atoms with Crippen LogP contribution < -0.4 is 0 Å². The van der Waals surface area contributed by atoms with E-state index in [4.69, 9.17) is 0 Å². The Hall–Kier alpha value is -1.85. The quantitative estimate of drug-likeness (QED) is 0.550. The normalized spacial score (nSPS) is 13.4. The Morgan fingerprint density at radius 2 is 1.46 bits per heavy atom. The van der Waals surface area contributed by atoms with Crippen molar-refractivity contribution in [2.45, 2.75) is 46.3 Å². The fraction of sp³-hybridized carbons (Fsp3) is 0.478. The van der Waals surface area contributed by atoms with E-state index in [0.717, 1.165) is 30.7 Å². The summed E-state index contributed by atoms with van der Waals surface area (Å²) < 4.78 is 42.5. The standard InChI is InChI=1S/C23H31F3N2/c1-23(2,3)13-18(15-27(4)5)28(14-17-9-7-6-8-10-17)16-19-20(24)11-12-21(25)22(19)26/h6-12,18H,13-16H2,1-5H3/t18-/m0/s1.